The van der Waals surface area contributed by atoms with Crippen LogP contribution in [0.25, 0.3) is 22.5 Å². The summed E-state index contributed by atoms with van der Waals surface area (Å²) in [7, 11) is 0. The van der Waals surface area contributed by atoms with Crippen molar-refractivity contribution in [3.05, 3.63) is 96.3 Å². The molecular weight excluding hydrogens is 356 g/mol. The van der Waals surface area contributed by atoms with Crippen LogP contribution in [-0.4, -0.2) is 23.4 Å². The van der Waals surface area contributed by atoms with Crippen LogP contribution in [0.1, 0.15) is 11.1 Å². The molecule has 4 heteroatoms. The quantitative estimate of drug-likeness (QED) is 0.384. The van der Waals surface area contributed by atoms with Gasteiger partial charge in [0.1, 0.15) is 0 Å². The predicted molar refractivity (Wildman–Crippen MR) is 121 cm³/mol. The summed E-state index contributed by atoms with van der Waals surface area (Å²) in [6.07, 6.45) is 4.26. The number of nitrogens with zero attached hydrogens (tertiary/aromatic N) is 4. The van der Waals surface area contributed by atoms with Gasteiger partial charge in [-0.1, -0.05) is 36.4 Å². The molecule has 0 fully saturated rings. The first-order valence-electron chi connectivity index (χ1n) is 9.30. The van der Waals surface area contributed by atoms with E-state index in [1.54, 1.807) is 12.4 Å². The van der Waals surface area contributed by atoms with Crippen LogP contribution < -0.4 is 0 Å². The number of pyridine rings is 2. The normalized spacial score (nSPS) is 10.5. The zero-order valence-corrected chi connectivity index (χ0v) is 16.0. The largest absolute Gasteiger partial charge is 0.264 e. The van der Waals surface area contributed by atoms with E-state index in [1.807, 2.05) is 48.5 Å². The smallest absolute Gasteiger partial charge is 0.0702 e. The maximum Gasteiger partial charge on any atom is 0.0702 e. The van der Waals surface area contributed by atoms with Crippen LogP contribution in [0.2, 0.25) is 0 Å². The van der Waals surface area contributed by atoms with Gasteiger partial charge in [-0.2, -0.15) is 0 Å². The lowest BCUT2D eigenvalue weighted by molar-refractivity contribution is 1.17. The lowest BCUT2D eigenvalue weighted by Crippen LogP contribution is -1.92. The molecule has 0 N–H and O–H groups in total. The third-order valence-corrected chi connectivity index (χ3v) is 4.81. The van der Waals surface area contributed by atoms with Gasteiger partial charge in [0.15, 0.2) is 0 Å². The Morgan fingerprint density at radius 3 is 1.48 bits per heavy atom. The molecule has 0 spiro atoms. The van der Waals surface area contributed by atoms with Crippen LogP contribution in [0, 0.1) is 0 Å². The van der Waals surface area contributed by atoms with Gasteiger partial charge in [0.25, 0.3) is 0 Å². The van der Waals surface area contributed by atoms with Gasteiger partial charge >= 0.3 is 0 Å². The van der Waals surface area contributed by atoms with Crippen molar-refractivity contribution in [2.75, 3.05) is 0 Å². The van der Waals surface area contributed by atoms with E-state index in [0.29, 0.717) is 6.42 Å². The fraction of sp³-hybridized carbons (Fsp3) is 0.0400. The standard InChI is InChI=1S/C25H20N4/c1-26-24-16-20(22-7-3-5-13-28-22)11-9-18(24)15-19-10-12-21(17-25(19)27-2)23-8-4-6-14-29-23/h3-14,16-17H,1-2,15H2. The second-order valence-corrected chi connectivity index (χ2v) is 6.61. The minimum atomic E-state index is 0.688. The zero-order valence-electron chi connectivity index (χ0n) is 16.0. The number of rotatable bonds is 6. The molecule has 0 saturated heterocycles. The first kappa shape index (κ1) is 18.4. The van der Waals surface area contributed by atoms with E-state index in [1.165, 1.54) is 0 Å². The Balaban J connectivity index is 1.67. The average Bonchev–Trinajstić information content (AvgIpc) is 2.80. The number of benzene rings is 2. The molecule has 2 aromatic carbocycles. The van der Waals surface area contributed by atoms with Crippen molar-refractivity contribution in [2.45, 2.75) is 6.42 Å². The van der Waals surface area contributed by atoms with E-state index in [4.69, 9.17) is 0 Å². The molecule has 2 aromatic heterocycles. The maximum atomic E-state index is 4.41. The summed E-state index contributed by atoms with van der Waals surface area (Å²) in [6.45, 7) is 7.50. The summed E-state index contributed by atoms with van der Waals surface area (Å²) in [6, 6.07) is 24.1. The molecule has 4 aromatic rings. The molecular formula is C25H20N4. The van der Waals surface area contributed by atoms with Crippen LogP contribution >= 0.6 is 0 Å². The van der Waals surface area contributed by atoms with Crippen LogP contribution in [0.15, 0.2) is 95.2 Å². The van der Waals surface area contributed by atoms with Gasteiger partial charge in [0.05, 0.1) is 22.8 Å². The number of hydrogen-bond donors (Lipinski definition) is 0. The fourth-order valence-corrected chi connectivity index (χ4v) is 3.31. The molecule has 0 saturated carbocycles. The summed E-state index contributed by atoms with van der Waals surface area (Å²) in [5, 5.41) is 0. The second kappa shape index (κ2) is 8.40. The fourth-order valence-electron chi connectivity index (χ4n) is 3.31. The highest BCUT2D eigenvalue weighted by Crippen LogP contribution is 2.32. The molecule has 0 aliphatic rings. The summed E-state index contributed by atoms with van der Waals surface area (Å²) >= 11 is 0. The Morgan fingerprint density at radius 2 is 1.10 bits per heavy atom. The van der Waals surface area contributed by atoms with Crippen LogP contribution in [0.5, 0.6) is 0 Å². The van der Waals surface area contributed by atoms with Gasteiger partial charge in [-0.15, -0.1) is 0 Å². The van der Waals surface area contributed by atoms with E-state index in [0.717, 1.165) is 45.0 Å². The van der Waals surface area contributed by atoms with Gasteiger partial charge in [-0.25, -0.2) is 0 Å². The van der Waals surface area contributed by atoms with E-state index < -0.39 is 0 Å². The second-order valence-electron chi connectivity index (χ2n) is 6.61. The monoisotopic (exact) mass is 376 g/mol. The van der Waals surface area contributed by atoms with Crippen molar-refractivity contribution in [1.82, 2.24) is 9.97 Å². The van der Waals surface area contributed by atoms with E-state index in [-0.39, 0.29) is 0 Å². The molecule has 0 amide bonds. The van der Waals surface area contributed by atoms with Crippen LogP contribution in [-0.2, 0) is 6.42 Å². The predicted octanol–water partition coefficient (Wildman–Crippen LogP) is 6.07. The highest BCUT2D eigenvalue weighted by Gasteiger charge is 2.10. The Kier molecular flexibility index (Phi) is 5.34. The molecule has 0 aliphatic heterocycles. The van der Waals surface area contributed by atoms with Crippen molar-refractivity contribution in [1.29, 1.82) is 0 Å². The summed E-state index contributed by atoms with van der Waals surface area (Å²) in [5.41, 5.74) is 7.71. The Hall–Kier alpha value is -3.92. The van der Waals surface area contributed by atoms with Crippen molar-refractivity contribution >= 4 is 24.8 Å². The number of aromatic nitrogens is 2. The Morgan fingerprint density at radius 1 is 0.621 bits per heavy atom. The Bertz CT molecular complexity index is 1060. The van der Waals surface area contributed by atoms with Gasteiger partial charge in [-0.3, -0.25) is 20.0 Å². The highest BCUT2D eigenvalue weighted by atomic mass is 14.7. The third-order valence-electron chi connectivity index (χ3n) is 4.81. The van der Waals surface area contributed by atoms with Crippen molar-refractivity contribution in [3.63, 3.8) is 0 Å². The maximum absolute atomic E-state index is 4.41. The average molecular weight is 376 g/mol. The third kappa shape index (κ3) is 4.01. The molecule has 4 rings (SSSR count). The summed E-state index contributed by atoms with van der Waals surface area (Å²) in [5.74, 6) is 0. The van der Waals surface area contributed by atoms with Crippen molar-refractivity contribution in [3.8, 4) is 22.5 Å². The molecule has 2 heterocycles. The van der Waals surface area contributed by atoms with Crippen LogP contribution in [0.4, 0.5) is 11.4 Å². The zero-order chi connectivity index (χ0) is 20.1. The van der Waals surface area contributed by atoms with E-state index in [9.17, 15) is 0 Å². The van der Waals surface area contributed by atoms with Crippen molar-refractivity contribution in [2.24, 2.45) is 9.98 Å². The minimum Gasteiger partial charge on any atom is -0.264 e. The summed E-state index contributed by atoms with van der Waals surface area (Å²) < 4.78 is 0. The summed E-state index contributed by atoms with van der Waals surface area (Å²) in [4.78, 5) is 17.3. The number of hydrogen-bond acceptors (Lipinski definition) is 4. The first-order chi connectivity index (χ1) is 14.3. The van der Waals surface area contributed by atoms with Gasteiger partial charge in [0.2, 0.25) is 0 Å². The first-order valence-corrected chi connectivity index (χ1v) is 9.30. The molecule has 0 radical (unpaired) electrons. The molecule has 0 unspecified atom stereocenters. The molecule has 4 nitrogen and oxygen atoms in total. The SMILES string of the molecule is C=Nc1cc(-c2ccccn2)ccc1Cc1ccc(-c2ccccn2)cc1N=C. The highest BCUT2D eigenvalue weighted by molar-refractivity contribution is 5.70. The lowest BCUT2D eigenvalue weighted by atomic mass is 9.97. The molecule has 0 bridgehead atoms. The topological polar surface area (TPSA) is 50.5 Å². The minimum absolute atomic E-state index is 0.688. The van der Waals surface area contributed by atoms with Crippen molar-refractivity contribution < 1.29 is 0 Å². The molecule has 0 aliphatic carbocycles. The molecule has 29 heavy (non-hydrogen) atoms. The van der Waals surface area contributed by atoms with E-state index in [2.05, 4.69) is 57.7 Å². The Labute approximate surface area is 170 Å². The number of aliphatic imine (C=N–C) groups is 2. The lowest BCUT2D eigenvalue weighted by Gasteiger charge is -2.11. The van der Waals surface area contributed by atoms with Crippen LogP contribution in [0.3, 0.4) is 0 Å². The molecule has 0 atom stereocenters. The van der Waals surface area contributed by atoms with Gasteiger partial charge in [-0.05, 0) is 61.0 Å². The van der Waals surface area contributed by atoms with Gasteiger partial charge in [0, 0.05) is 29.9 Å². The van der Waals surface area contributed by atoms with E-state index >= 15 is 0 Å². The molecule has 140 valence electrons. The van der Waals surface area contributed by atoms with Gasteiger partial charge < -0.3 is 0 Å².